The van der Waals surface area contributed by atoms with Crippen LogP contribution in [0.5, 0.6) is 5.75 Å². The fourth-order valence-corrected chi connectivity index (χ4v) is 1.86. The molecule has 96 valence electrons. The number of esters is 1. The van der Waals surface area contributed by atoms with Crippen molar-refractivity contribution in [1.82, 2.24) is 0 Å². The van der Waals surface area contributed by atoms with E-state index in [0.29, 0.717) is 11.4 Å². The van der Waals surface area contributed by atoms with Crippen molar-refractivity contribution in [2.24, 2.45) is 0 Å². The number of hydrogen-bond acceptors (Lipinski definition) is 5. The number of methoxy groups -OCH3 is 1. The van der Waals surface area contributed by atoms with Crippen LogP contribution in [0.1, 0.15) is 17.3 Å². The quantitative estimate of drug-likeness (QED) is 0.589. The average Bonchev–Trinajstić information content (AvgIpc) is 2.35. The first-order valence-electron chi connectivity index (χ1n) is 5.41. The first-order valence-corrected chi connectivity index (χ1v) is 5.41. The Labute approximate surface area is 104 Å². The number of anilines is 2. The Hall–Kier alpha value is -2.24. The predicted molar refractivity (Wildman–Crippen MR) is 65.7 cm³/mol. The second-order valence-corrected chi connectivity index (χ2v) is 4.06. The molecule has 2 N–H and O–H groups in total. The minimum atomic E-state index is -0.564. The summed E-state index contributed by atoms with van der Waals surface area (Å²) >= 11 is 0. The molecule has 1 aliphatic rings. The van der Waals surface area contributed by atoms with Crippen LogP contribution in [0.4, 0.5) is 11.4 Å². The van der Waals surface area contributed by atoms with Crippen molar-refractivity contribution in [3.05, 3.63) is 17.7 Å². The van der Waals surface area contributed by atoms with Gasteiger partial charge in [0, 0.05) is 18.8 Å². The number of nitrogens with zero attached hydrogens (tertiary/aromatic N) is 1. The van der Waals surface area contributed by atoms with Crippen LogP contribution in [0.15, 0.2) is 12.1 Å². The number of hydrogen-bond donors (Lipinski definition) is 1. The number of fused-ring (bicyclic) bond motifs is 1. The average molecular weight is 250 g/mol. The second kappa shape index (κ2) is 4.21. The van der Waals surface area contributed by atoms with Gasteiger partial charge in [-0.05, 0) is 13.0 Å². The molecule has 1 atom stereocenters. The van der Waals surface area contributed by atoms with Crippen molar-refractivity contribution in [3.63, 3.8) is 0 Å². The van der Waals surface area contributed by atoms with E-state index in [4.69, 9.17) is 10.5 Å². The zero-order valence-corrected chi connectivity index (χ0v) is 10.4. The zero-order chi connectivity index (χ0) is 13.4. The minimum absolute atomic E-state index is 0.178. The lowest BCUT2D eigenvalue weighted by atomic mass is 10.1. The van der Waals surface area contributed by atoms with Gasteiger partial charge < -0.3 is 20.1 Å². The molecule has 0 radical (unpaired) electrons. The highest BCUT2D eigenvalue weighted by atomic mass is 16.5. The normalized spacial score (nSPS) is 18.1. The molecular weight excluding hydrogens is 236 g/mol. The first-order chi connectivity index (χ1) is 8.45. The standard InChI is InChI=1S/C12H14N2O4/c1-6-11(15)14(2)9-4-7(12(16)17-3)8(13)5-10(9)18-6/h4-6H,13H2,1-3H3. The maximum Gasteiger partial charge on any atom is 0.340 e. The monoisotopic (exact) mass is 250 g/mol. The molecule has 0 saturated heterocycles. The van der Waals surface area contributed by atoms with E-state index in [0.717, 1.165) is 0 Å². The number of likely N-dealkylation sites (N-methyl/N-ethyl adjacent to an activating group) is 1. The molecule has 1 aliphatic heterocycles. The lowest BCUT2D eigenvalue weighted by Gasteiger charge is -2.30. The Morgan fingerprint density at radius 2 is 2.17 bits per heavy atom. The molecule has 1 unspecified atom stereocenters. The molecule has 0 fully saturated rings. The molecule has 0 aromatic heterocycles. The lowest BCUT2D eigenvalue weighted by Crippen LogP contribution is -2.42. The molecule has 1 heterocycles. The summed E-state index contributed by atoms with van der Waals surface area (Å²) in [5, 5.41) is 0. The summed E-state index contributed by atoms with van der Waals surface area (Å²) in [5.74, 6) is -0.243. The van der Waals surface area contributed by atoms with Gasteiger partial charge in [0.15, 0.2) is 6.10 Å². The summed E-state index contributed by atoms with van der Waals surface area (Å²) in [6.07, 6.45) is -0.564. The highest BCUT2D eigenvalue weighted by Crippen LogP contribution is 2.36. The number of benzene rings is 1. The molecule has 1 aromatic carbocycles. The van der Waals surface area contributed by atoms with Crippen molar-refractivity contribution >= 4 is 23.3 Å². The van der Waals surface area contributed by atoms with E-state index in [1.54, 1.807) is 14.0 Å². The van der Waals surface area contributed by atoms with E-state index in [9.17, 15) is 9.59 Å². The van der Waals surface area contributed by atoms with Gasteiger partial charge in [-0.2, -0.15) is 0 Å². The van der Waals surface area contributed by atoms with Gasteiger partial charge in [0.25, 0.3) is 5.91 Å². The Morgan fingerprint density at radius 3 is 2.78 bits per heavy atom. The van der Waals surface area contributed by atoms with E-state index in [2.05, 4.69) is 4.74 Å². The molecule has 2 rings (SSSR count). The van der Waals surface area contributed by atoms with Gasteiger partial charge in [0.05, 0.1) is 18.4 Å². The fourth-order valence-electron chi connectivity index (χ4n) is 1.86. The van der Waals surface area contributed by atoms with E-state index in [-0.39, 0.29) is 17.2 Å². The number of ether oxygens (including phenoxy) is 2. The van der Waals surface area contributed by atoms with Crippen molar-refractivity contribution < 1.29 is 19.1 Å². The van der Waals surface area contributed by atoms with E-state index in [1.807, 2.05) is 0 Å². The molecule has 0 aliphatic carbocycles. The van der Waals surface area contributed by atoms with Crippen LogP contribution in [0.3, 0.4) is 0 Å². The van der Waals surface area contributed by atoms with Gasteiger partial charge in [0.2, 0.25) is 0 Å². The van der Waals surface area contributed by atoms with Crippen molar-refractivity contribution in [2.45, 2.75) is 13.0 Å². The van der Waals surface area contributed by atoms with Gasteiger partial charge >= 0.3 is 5.97 Å². The third-order valence-corrected chi connectivity index (χ3v) is 2.88. The number of carbonyl (C=O) groups is 2. The largest absolute Gasteiger partial charge is 0.479 e. The maximum absolute atomic E-state index is 11.8. The first kappa shape index (κ1) is 12.2. The summed E-state index contributed by atoms with van der Waals surface area (Å²) in [5.41, 5.74) is 6.75. The lowest BCUT2D eigenvalue weighted by molar-refractivity contribution is -0.125. The molecule has 1 amide bonds. The van der Waals surface area contributed by atoms with Gasteiger partial charge in [-0.15, -0.1) is 0 Å². The van der Waals surface area contributed by atoms with Crippen LogP contribution in [0.2, 0.25) is 0 Å². The second-order valence-electron chi connectivity index (χ2n) is 4.06. The predicted octanol–water partition coefficient (Wildman–Crippen LogP) is 0.799. The molecular formula is C12H14N2O4. The van der Waals surface area contributed by atoms with Crippen LogP contribution in [-0.4, -0.2) is 32.1 Å². The van der Waals surface area contributed by atoms with Crippen LogP contribution in [0, 0.1) is 0 Å². The summed E-state index contributed by atoms with van der Waals surface area (Å²) in [4.78, 5) is 24.7. The number of rotatable bonds is 1. The number of carbonyl (C=O) groups excluding carboxylic acids is 2. The molecule has 18 heavy (non-hydrogen) atoms. The topological polar surface area (TPSA) is 81.9 Å². The van der Waals surface area contributed by atoms with Crippen molar-refractivity contribution in [2.75, 3.05) is 24.8 Å². The third-order valence-electron chi connectivity index (χ3n) is 2.88. The molecule has 6 nitrogen and oxygen atoms in total. The fraction of sp³-hybridized carbons (Fsp3) is 0.333. The molecule has 6 heteroatoms. The highest BCUT2D eigenvalue weighted by molar-refractivity contribution is 6.03. The molecule has 1 aromatic rings. The Bertz CT molecular complexity index is 527. The summed E-state index contributed by atoms with van der Waals surface area (Å²) in [6.45, 7) is 1.66. The van der Waals surface area contributed by atoms with Gasteiger partial charge in [-0.25, -0.2) is 4.79 Å². The summed E-state index contributed by atoms with van der Waals surface area (Å²) in [7, 11) is 2.89. The Kier molecular flexibility index (Phi) is 2.86. The van der Waals surface area contributed by atoms with Gasteiger partial charge in [-0.3, -0.25) is 4.79 Å². The molecule has 0 bridgehead atoms. The molecule has 0 saturated carbocycles. The summed E-state index contributed by atoms with van der Waals surface area (Å²) < 4.78 is 10.1. The number of amides is 1. The third kappa shape index (κ3) is 1.75. The zero-order valence-electron chi connectivity index (χ0n) is 10.4. The van der Waals surface area contributed by atoms with Gasteiger partial charge in [0.1, 0.15) is 5.75 Å². The van der Waals surface area contributed by atoms with Crippen LogP contribution >= 0.6 is 0 Å². The van der Waals surface area contributed by atoms with Crippen molar-refractivity contribution in [1.29, 1.82) is 0 Å². The highest BCUT2D eigenvalue weighted by Gasteiger charge is 2.30. The number of nitrogens with two attached hydrogens (primary N) is 1. The van der Waals surface area contributed by atoms with Crippen molar-refractivity contribution in [3.8, 4) is 5.75 Å². The van der Waals surface area contributed by atoms with E-state index in [1.165, 1.54) is 24.1 Å². The maximum atomic E-state index is 11.8. The van der Waals surface area contributed by atoms with E-state index < -0.39 is 12.1 Å². The Morgan fingerprint density at radius 1 is 1.50 bits per heavy atom. The number of nitrogen functional groups attached to an aromatic ring is 1. The SMILES string of the molecule is COC(=O)c1cc2c(cc1N)OC(C)C(=O)N2C. The van der Waals surface area contributed by atoms with Gasteiger partial charge in [-0.1, -0.05) is 0 Å². The summed E-state index contributed by atoms with van der Waals surface area (Å²) in [6, 6.07) is 3.03. The Balaban J connectivity index is 2.55. The van der Waals surface area contributed by atoms with Crippen LogP contribution < -0.4 is 15.4 Å². The van der Waals surface area contributed by atoms with Crippen LogP contribution in [0.25, 0.3) is 0 Å². The smallest absolute Gasteiger partial charge is 0.340 e. The van der Waals surface area contributed by atoms with E-state index >= 15 is 0 Å². The minimum Gasteiger partial charge on any atom is -0.479 e. The van der Waals surface area contributed by atoms with Crippen LogP contribution in [-0.2, 0) is 9.53 Å². The molecule has 0 spiro atoms.